The number of alkyl halides is 5. The highest BCUT2D eigenvalue weighted by Gasteiger charge is 2.42. The highest BCUT2D eigenvalue weighted by molar-refractivity contribution is 5.74. The predicted molar refractivity (Wildman–Crippen MR) is 92.8 cm³/mol. The smallest absolute Gasteiger partial charge is 0.394 e. The molecule has 0 aliphatic carbocycles. The Labute approximate surface area is 165 Å². The molecule has 0 bridgehead atoms. The first-order valence-electron chi connectivity index (χ1n) is 8.96. The van der Waals surface area contributed by atoms with Gasteiger partial charge < -0.3 is 14.2 Å². The first-order chi connectivity index (χ1) is 13.4. The second-order valence-corrected chi connectivity index (χ2v) is 6.46. The predicted octanol–water partition coefficient (Wildman–Crippen LogP) is 4.93. The fraction of sp³-hybridized carbons (Fsp3) is 0.579. The van der Waals surface area contributed by atoms with Crippen molar-refractivity contribution in [3.8, 4) is 11.5 Å². The Morgan fingerprint density at radius 3 is 2.17 bits per heavy atom. The van der Waals surface area contributed by atoms with E-state index in [0.717, 1.165) is 0 Å². The van der Waals surface area contributed by atoms with Gasteiger partial charge in [-0.05, 0) is 37.1 Å². The molecule has 0 aliphatic rings. The molecule has 5 nitrogen and oxygen atoms in total. The Hall–Kier alpha value is -2.39. The van der Waals surface area contributed by atoms with Gasteiger partial charge in [0.05, 0.1) is 12.5 Å². The van der Waals surface area contributed by atoms with Crippen LogP contribution in [0.1, 0.15) is 39.5 Å². The van der Waals surface area contributed by atoms with E-state index in [-0.39, 0.29) is 17.6 Å². The molecule has 1 unspecified atom stereocenters. The normalized spacial score (nSPS) is 12.9. The molecule has 1 aromatic rings. The fourth-order valence-corrected chi connectivity index (χ4v) is 2.07. The zero-order valence-corrected chi connectivity index (χ0v) is 16.1. The molecule has 0 amide bonds. The lowest BCUT2D eigenvalue weighted by Gasteiger charge is -2.17. The van der Waals surface area contributed by atoms with Crippen LogP contribution in [0.3, 0.4) is 0 Å². The van der Waals surface area contributed by atoms with Gasteiger partial charge in [-0.15, -0.1) is 0 Å². The lowest BCUT2D eigenvalue weighted by molar-refractivity contribution is -0.190. The van der Waals surface area contributed by atoms with Crippen molar-refractivity contribution in [3.05, 3.63) is 24.3 Å². The van der Waals surface area contributed by atoms with Gasteiger partial charge in [0.2, 0.25) is 0 Å². The van der Waals surface area contributed by atoms with Crippen molar-refractivity contribution in [3.63, 3.8) is 0 Å². The molecule has 1 atom stereocenters. The zero-order valence-electron chi connectivity index (χ0n) is 16.1. The third kappa shape index (κ3) is 10.7. The van der Waals surface area contributed by atoms with Gasteiger partial charge in [0.1, 0.15) is 17.9 Å². The summed E-state index contributed by atoms with van der Waals surface area (Å²) in [5.74, 6) is -4.77. The first kappa shape index (κ1) is 24.6. The van der Waals surface area contributed by atoms with Crippen LogP contribution in [0.4, 0.5) is 22.0 Å². The van der Waals surface area contributed by atoms with Crippen LogP contribution in [0.15, 0.2) is 24.3 Å². The first-order valence-corrected chi connectivity index (χ1v) is 8.96. The Kier molecular flexibility index (Phi) is 9.32. The topological polar surface area (TPSA) is 61.8 Å². The van der Waals surface area contributed by atoms with E-state index >= 15 is 0 Å². The number of rotatable bonds is 11. The zero-order chi connectivity index (χ0) is 22.1. The third-order valence-corrected chi connectivity index (χ3v) is 3.82. The van der Waals surface area contributed by atoms with E-state index in [2.05, 4.69) is 4.74 Å². The average molecular weight is 426 g/mol. The van der Waals surface area contributed by atoms with E-state index < -0.39 is 50.5 Å². The molecular weight excluding hydrogens is 403 g/mol. The van der Waals surface area contributed by atoms with Gasteiger partial charge in [0.25, 0.3) is 5.92 Å². The van der Waals surface area contributed by atoms with E-state index in [9.17, 15) is 31.5 Å². The van der Waals surface area contributed by atoms with Crippen LogP contribution >= 0.6 is 0 Å². The molecule has 1 rings (SSSR count). The quantitative estimate of drug-likeness (QED) is 0.217. The third-order valence-electron chi connectivity index (χ3n) is 3.82. The highest BCUT2D eigenvalue weighted by atomic mass is 19.4. The SMILES string of the molecule is CCC(C)C(=O)Oc1ccc(OCC(=O)OCCCC(F)(F)CC(F)(F)F)cc1. The average Bonchev–Trinajstić information content (AvgIpc) is 2.62. The molecule has 0 heterocycles. The van der Waals surface area contributed by atoms with Crippen LogP contribution < -0.4 is 9.47 Å². The monoisotopic (exact) mass is 426 g/mol. The summed E-state index contributed by atoms with van der Waals surface area (Å²) in [5, 5.41) is 0. The summed E-state index contributed by atoms with van der Waals surface area (Å²) in [6.07, 6.45) is -7.99. The maximum Gasteiger partial charge on any atom is 0.394 e. The minimum Gasteiger partial charge on any atom is -0.482 e. The molecule has 0 radical (unpaired) electrons. The van der Waals surface area contributed by atoms with Gasteiger partial charge >= 0.3 is 18.1 Å². The van der Waals surface area contributed by atoms with Crippen LogP contribution in [-0.4, -0.2) is 37.3 Å². The second-order valence-electron chi connectivity index (χ2n) is 6.46. The summed E-state index contributed by atoms with van der Waals surface area (Å²) in [4.78, 5) is 23.2. The number of hydrogen-bond acceptors (Lipinski definition) is 5. The Bertz CT molecular complexity index is 658. The maximum atomic E-state index is 13.1. The van der Waals surface area contributed by atoms with Crippen molar-refractivity contribution in [2.75, 3.05) is 13.2 Å². The molecule has 0 saturated heterocycles. The van der Waals surface area contributed by atoms with Crippen LogP contribution in [0, 0.1) is 5.92 Å². The van der Waals surface area contributed by atoms with Crippen LogP contribution in [-0.2, 0) is 14.3 Å². The van der Waals surface area contributed by atoms with E-state index in [0.29, 0.717) is 12.2 Å². The molecule has 0 saturated carbocycles. The van der Waals surface area contributed by atoms with Gasteiger partial charge in [0.15, 0.2) is 6.61 Å². The Morgan fingerprint density at radius 1 is 1.03 bits per heavy atom. The number of ether oxygens (including phenoxy) is 3. The van der Waals surface area contributed by atoms with Gasteiger partial charge in [0, 0.05) is 6.42 Å². The van der Waals surface area contributed by atoms with Gasteiger partial charge in [-0.1, -0.05) is 13.8 Å². The molecule has 0 aromatic heterocycles. The van der Waals surface area contributed by atoms with Crippen molar-refractivity contribution < 1.29 is 45.8 Å². The van der Waals surface area contributed by atoms with Gasteiger partial charge in [-0.25, -0.2) is 13.6 Å². The van der Waals surface area contributed by atoms with Gasteiger partial charge in [-0.3, -0.25) is 4.79 Å². The summed E-state index contributed by atoms with van der Waals surface area (Å²) in [6, 6.07) is 5.88. The van der Waals surface area contributed by atoms with Crippen LogP contribution in [0.5, 0.6) is 11.5 Å². The summed E-state index contributed by atoms with van der Waals surface area (Å²) >= 11 is 0. The van der Waals surface area contributed by atoms with E-state index in [1.54, 1.807) is 6.92 Å². The molecule has 1 aromatic carbocycles. The summed E-state index contributed by atoms with van der Waals surface area (Å²) in [7, 11) is 0. The number of hydrogen-bond donors (Lipinski definition) is 0. The largest absolute Gasteiger partial charge is 0.482 e. The fourth-order valence-electron chi connectivity index (χ4n) is 2.07. The number of carbonyl (C=O) groups is 2. The number of carbonyl (C=O) groups excluding carboxylic acids is 2. The summed E-state index contributed by atoms with van der Waals surface area (Å²) in [5.41, 5.74) is 0. The molecule has 0 spiro atoms. The van der Waals surface area contributed by atoms with Crippen molar-refractivity contribution in [2.45, 2.75) is 51.6 Å². The number of halogens is 5. The second kappa shape index (κ2) is 11.0. The minimum absolute atomic E-state index is 0.242. The molecule has 0 fully saturated rings. The van der Waals surface area contributed by atoms with E-state index in [4.69, 9.17) is 9.47 Å². The van der Waals surface area contributed by atoms with Crippen molar-refractivity contribution >= 4 is 11.9 Å². The molecule has 0 aliphatic heterocycles. The van der Waals surface area contributed by atoms with E-state index in [1.807, 2.05) is 6.92 Å². The van der Waals surface area contributed by atoms with Crippen molar-refractivity contribution in [2.24, 2.45) is 5.92 Å². The molecule has 0 N–H and O–H groups in total. The summed E-state index contributed by atoms with van der Waals surface area (Å²) in [6.45, 7) is 2.64. The Balaban J connectivity index is 2.30. The van der Waals surface area contributed by atoms with Gasteiger partial charge in [-0.2, -0.15) is 13.2 Å². The number of benzene rings is 1. The molecule has 29 heavy (non-hydrogen) atoms. The highest BCUT2D eigenvalue weighted by Crippen LogP contribution is 2.34. The maximum absolute atomic E-state index is 13.1. The summed E-state index contributed by atoms with van der Waals surface area (Å²) < 4.78 is 77.1. The number of esters is 2. The van der Waals surface area contributed by atoms with Crippen molar-refractivity contribution in [1.29, 1.82) is 0 Å². The van der Waals surface area contributed by atoms with Crippen LogP contribution in [0.25, 0.3) is 0 Å². The van der Waals surface area contributed by atoms with Crippen molar-refractivity contribution in [1.82, 2.24) is 0 Å². The van der Waals surface area contributed by atoms with E-state index in [1.165, 1.54) is 24.3 Å². The minimum atomic E-state index is -4.96. The lowest BCUT2D eigenvalue weighted by Crippen LogP contribution is -2.26. The van der Waals surface area contributed by atoms with Crippen LogP contribution in [0.2, 0.25) is 0 Å². The molecule has 164 valence electrons. The molecular formula is C19H23F5O5. The lowest BCUT2D eigenvalue weighted by atomic mass is 10.1. The standard InChI is InChI=1S/C19H23F5O5/c1-3-13(2)17(26)29-15-7-5-14(6-8-15)28-11-16(25)27-10-4-9-18(20,21)12-19(22,23)24/h5-8,13H,3-4,9-12H2,1-2H3. The molecule has 10 heteroatoms. The Morgan fingerprint density at radius 2 is 1.62 bits per heavy atom.